The Kier molecular flexibility index (Phi) is 4.01. The average Bonchev–Trinajstić information content (AvgIpc) is 2.82. The van der Waals surface area contributed by atoms with Crippen LogP contribution in [0.25, 0.3) is 0 Å². The van der Waals surface area contributed by atoms with Crippen LogP contribution in [-0.2, 0) is 4.74 Å². The van der Waals surface area contributed by atoms with Gasteiger partial charge in [0.2, 0.25) is 0 Å². The van der Waals surface area contributed by atoms with Crippen LogP contribution in [0.1, 0.15) is 0 Å². The third-order valence-electron chi connectivity index (χ3n) is 2.67. The zero-order chi connectivity index (χ0) is 13.0. The number of carbonyl (C=O) groups excluding carboxylic acids is 1. The van der Waals surface area contributed by atoms with Crippen LogP contribution in [0.4, 0.5) is 16.2 Å². The molecular formula is C12H16N2O4. The van der Waals surface area contributed by atoms with E-state index in [0.29, 0.717) is 13.2 Å². The molecule has 1 aliphatic heterocycles. The molecule has 3 N–H and O–H groups in total. The standard InChI is InChI=1S/C12H16N2O4/c15-8-11(16)7-13-9-2-1-3-10(6-9)14-4-5-18-12(14)17/h1-3,6,11,13,15-16H,4-5,7-8H2. The van der Waals surface area contributed by atoms with Gasteiger partial charge in [0, 0.05) is 17.9 Å². The molecule has 0 aliphatic carbocycles. The molecule has 0 saturated carbocycles. The molecule has 98 valence electrons. The molecule has 0 spiro atoms. The first-order valence-electron chi connectivity index (χ1n) is 5.78. The minimum Gasteiger partial charge on any atom is -0.447 e. The fraction of sp³-hybridized carbons (Fsp3) is 0.417. The summed E-state index contributed by atoms with van der Waals surface area (Å²) in [5, 5.41) is 20.9. The SMILES string of the molecule is O=C1OCCN1c1cccc(NCC(O)CO)c1. The van der Waals surface area contributed by atoms with E-state index < -0.39 is 6.10 Å². The molecule has 1 aromatic rings. The van der Waals surface area contributed by atoms with E-state index in [1.54, 1.807) is 11.0 Å². The molecule has 6 heteroatoms. The molecule has 1 unspecified atom stereocenters. The van der Waals surface area contributed by atoms with Crippen molar-refractivity contribution in [2.45, 2.75) is 6.10 Å². The topological polar surface area (TPSA) is 82.0 Å². The molecule has 1 aromatic carbocycles. The Labute approximate surface area is 105 Å². The van der Waals surface area contributed by atoms with Crippen molar-refractivity contribution in [1.82, 2.24) is 0 Å². The van der Waals surface area contributed by atoms with Gasteiger partial charge in [0.25, 0.3) is 0 Å². The number of aliphatic hydroxyl groups is 2. The van der Waals surface area contributed by atoms with Gasteiger partial charge in [0.05, 0.1) is 19.3 Å². The number of carbonyl (C=O) groups is 1. The van der Waals surface area contributed by atoms with Crippen molar-refractivity contribution in [3.63, 3.8) is 0 Å². The van der Waals surface area contributed by atoms with Gasteiger partial charge in [-0.1, -0.05) is 6.07 Å². The summed E-state index contributed by atoms with van der Waals surface area (Å²) in [5.41, 5.74) is 1.53. The average molecular weight is 252 g/mol. The lowest BCUT2D eigenvalue weighted by atomic mass is 10.2. The third kappa shape index (κ3) is 2.91. The normalized spacial score (nSPS) is 16.6. The predicted octanol–water partition coefficient (Wildman–Crippen LogP) is 0.408. The quantitative estimate of drug-likeness (QED) is 0.707. The molecular weight excluding hydrogens is 236 g/mol. The van der Waals surface area contributed by atoms with E-state index in [1.165, 1.54) is 0 Å². The lowest BCUT2D eigenvalue weighted by Gasteiger charge is -2.15. The van der Waals surface area contributed by atoms with E-state index in [1.807, 2.05) is 18.2 Å². The largest absolute Gasteiger partial charge is 0.447 e. The molecule has 1 saturated heterocycles. The molecule has 0 bridgehead atoms. The molecule has 1 fully saturated rings. The van der Waals surface area contributed by atoms with Crippen molar-refractivity contribution in [2.75, 3.05) is 36.5 Å². The fourth-order valence-corrected chi connectivity index (χ4v) is 1.71. The number of aliphatic hydroxyl groups excluding tert-OH is 2. The van der Waals surface area contributed by atoms with Crippen LogP contribution >= 0.6 is 0 Å². The van der Waals surface area contributed by atoms with E-state index in [4.69, 9.17) is 9.84 Å². The van der Waals surface area contributed by atoms with Crippen LogP contribution < -0.4 is 10.2 Å². The summed E-state index contributed by atoms with van der Waals surface area (Å²) < 4.78 is 4.87. The molecule has 18 heavy (non-hydrogen) atoms. The maximum absolute atomic E-state index is 11.4. The highest BCUT2D eigenvalue weighted by atomic mass is 16.6. The molecule has 0 radical (unpaired) electrons. The van der Waals surface area contributed by atoms with E-state index in [9.17, 15) is 9.90 Å². The van der Waals surface area contributed by atoms with Crippen LogP contribution in [0.5, 0.6) is 0 Å². The van der Waals surface area contributed by atoms with Gasteiger partial charge in [-0.2, -0.15) is 0 Å². The number of cyclic esters (lactones) is 1. The summed E-state index contributed by atoms with van der Waals surface area (Å²) in [5.74, 6) is 0. The molecule has 2 rings (SSSR count). The number of ether oxygens (including phenoxy) is 1. The highest BCUT2D eigenvalue weighted by Crippen LogP contribution is 2.22. The van der Waals surface area contributed by atoms with Gasteiger partial charge in [-0.15, -0.1) is 0 Å². The van der Waals surface area contributed by atoms with Crippen LogP contribution in [0.15, 0.2) is 24.3 Å². The van der Waals surface area contributed by atoms with Gasteiger partial charge < -0.3 is 20.3 Å². The number of anilines is 2. The van der Waals surface area contributed by atoms with Crippen LogP contribution in [-0.4, -0.2) is 48.7 Å². The van der Waals surface area contributed by atoms with Gasteiger partial charge in [-0.05, 0) is 18.2 Å². The fourth-order valence-electron chi connectivity index (χ4n) is 1.71. The van der Waals surface area contributed by atoms with Gasteiger partial charge in [-0.25, -0.2) is 4.79 Å². The number of nitrogens with zero attached hydrogens (tertiary/aromatic N) is 1. The molecule has 1 amide bonds. The lowest BCUT2D eigenvalue weighted by molar-refractivity contribution is 0.105. The minimum absolute atomic E-state index is 0.254. The van der Waals surface area contributed by atoms with Gasteiger partial charge >= 0.3 is 6.09 Å². The molecule has 0 aromatic heterocycles. The first kappa shape index (κ1) is 12.7. The second-order valence-corrected chi connectivity index (χ2v) is 4.03. The van der Waals surface area contributed by atoms with Crippen LogP contribution in [0.3, 0.4) is 0 Å². The van der Waals surface area contributed by atoms with Gasteiger partial charge in [0.1, 0.15) is 6.61 Å². The Morgan fingerprint density at radius 1 is 1.50 bits per heavy atom. The molecule has 1 aliphatic rings. The summed E-state index contributed by atoms with van der Waals surface area (Å²) in [4.78, 5) is 13.0. The zero-order valence-corrected chi connectivity index (χ0v) is 9.87. The first-order chi connectivity index (χ1) is 8.70. The smallest absolute Gasteiger partial charge is 0.414 e. The Balaban J connectivity index is 2.03. The van der Waals surface area contributed by atoms with Crippen molar-refractivity contribution < 1.29 is 19.7 Å². The molecule has 1 atom stereocenters. The number of hydrogen-bond acceptors (Lipinski definition) is 5. The first-order valence-corrected chi connectivity index (χ1v) is 5.78. The zero-order valence-electron chi connectivity index (χ0n) is 9.87. The molecule has 1 heterocycles. The second kappa shape index (κ2) is 5.70. The van der Waals surface area contributed by atoms with Crippen LogP contribution in [0.2, 0.25) is 0 Å². The molecule has 6 nitrogen and oxygen atoms in total. The van der Waals surface area contributed by atoms with Gasteiger partial charge in [-0.3, -0.25) is 4.90 Å². The summed E-state index contributed by atoms with van der Waals surface area (Å²) in [6.45, 7) is 0.914. The van der Waals surface area contributed by atoms with E-state index in [0.717, 1.165) is 11.4 Å². The van der Waals surface area contributed by atoms with Crippen LogP contribution in [0, 0.1) is 0 Å². The van der Waals surface area contributed by atoms with Crippen molar-refractivity contribution in [3.8, 4) is 0 Å². The van der Waals surface area contributed by atoms with E-state index in [2.05, 4.69) is 5.32 Å². The van der Waals surface area contributed by atoms with Gasteiger partial charge in [0.15, 0.2) is 0 Å². The Morgan fingerprint density at radius 3 is 3.00 bits per heavy atom. The summed E-state index contributed by atoms with van der Waals surface area (Å²) >= 11 is 0. The predicted molar refractivity (Wildman–Crippen MR) is 66.7 cm³/mol. The monoisotopic (exact) mass is 252 g/mol. The minimum atomic E-state index is -0.801. The number of hydrogen-bond donors (Lipinski definition) is 3. The Bertz CT molecular complexity index is 424. The van der Waals surface area contributed by atoms with E-state index in [-0.39, 0.29) is 19.2 Å². The Hall–Kier alpha value is -1.79. The third-order valence-corrected chi connectivity index (χ3v) is 2.67. The lowest BCUT2D eigenvalue weighted by Crippen LogP contribution is -2.24. The van der Waals surface area contributed by atoms with Crippen molar-refractivity contribution in [3.05, 3.63) is 24.3 Å². The maximum atomic E-state index is 11.4. The van der Waals surface area contributed by atoms with Crippen molar-refractivity contribution >= 4 is 17.5 Å². The number of nitrogens with one attached hydrogen (secondary N) is 1. The van der Waals surface area contributed by atoms with Crippen molar-refractivity contribution in [2.24, 2.45) is 0 Å². The Morgan fingerprint density at radius 2 is 2.33 bits per heavy atom. The summed E-state index contributed by atoms with van der Waals surface area (Å²) in [6, 6.07) is 7.26. The highest BCUT2D eigenvalue weighted by Gasteiger charge is 2.23. The second-order valence-electron chi connectivity index (χ2n) is 4.03. The summed E-state index contributed by atoms with van der Waals surface area (Å²) in [6.07, 6.45) is -1.15. The number of benzene rings is 1. The van der Waals surface area contributed by atoms with E-state index >= 15 is 0 Å². The maximum Gasteiger partial charge on any atom is 0.414 e. The highest BCUT2D eigenvalue weighted by molar-refractivity contribution is 5.89. The summed E-state index contributed by atoms with van der Waals surface area (Å²) in [7, 11) is 0. The van der Waals surface area contributed by atoms with Crippen molar-refractivity contribution in [1.29, 1.82) is 0 Å². The number of amides is 1. The number of rotatable bonds is 5.